The van der Waals surface area contributed by atoms with Crippen molar-refractivity contribution in [3.63, 3.8) is 0 Å². The second-order valence-corrected chi connectivity index (χ2v) is 12.3. The van der Waals surface area contributed by atoms with Crippen molar-refractivity contribution in [2.24, 2.45) is 0 Å². The lowest BCUT2D eigenvalue weighted by Gasteiger charge is -2.21. The van der Waals surface area contributed by atoms with E-state index in [4.69, 9.17) is 0 Å². The SMILES string of the molecule is N#Cc1ccc2c(c1)c1ccccc1n2-c1ccccc1-c1cccc(-n2c3ccccc3c3cc(C#N)ccc32)c1-c1ccccc1C#N. The third-order valence-corrected chi connectivity index (χ3v) is 9.64. The Balaban J connectivity index is 1.42. The molecular formula is C45H25N5. The highest BCUT2D eigenvalue weighted by Gasteiger charge is 2.23. The van der Waals surface area contributed by atoms with E-state index in [1.807, 2.05) is 84.9 Å². The lowest BCUT2D eigenvalue weighted by atomic mass is 9.89. The van der Waals surface area contributed by atoms with Gasteiger partial charge in [0.05, 0.1) is 68.3 Å². The summed E-state index contributed by atoms with van der Waals surface area (Å²) in [6.45, 7) is 0. The fourth-order valence-electron chi connectivity index (χ4n) is 7.53. The maximum Gasteiger partial charge on any atom is 0.0998 e. The van der Waals surface area contributed by atoms with Gasteiger partial charge in [-0.25, -0.2) is 0 Å². The van der Waals surface area contributed by atoms with Gasteiger partial charge < -0.3 is 9.13 Å². The molecule has 0 aliphatic heterocycles. The normalized spacial score (nSPS) is 11.1. The van der Waals surface area contributed by atoms with Crippen LogP contribution < -0.4 is 0 Å². The van der Waals surface area contributed by atoms with E-state index in [1.165, 1.54) is 0 Å². The molecule has 2 heterocycles. The number of hydrogen-bond acceptors (Lipinski definition) is 3. The van der Waals surface area contributed by atoms with Gasteiger partial charge in [0.2, 0.25) is 0 Å². The van der Waals surface area contributed by atoms with Crippen molar-refractivity contribution in [1.82, 2.24) is 9.13 Å². The van der Waals surface area contributed by atoms with Crippen LogP contribution in [0.15, 0.2) is 152 Å². The first-order chi connectivity index (χ1) is 24.7. The van der Waals surface area contributed by atoms with Gasteiger partial charge >= 0.3 is 0 Å². The number of nitriles is 3. The standard InChI is InChI=1S/C45H25N5/c46-26-29-20-22-42-37(24-29)34-13-4-7-17-40(34)49(42)39-16-6-3-12-33(39)36-15-9-19-44(45(36)32-11-2-1-10-31(32)28-48)50-41-18-8-5-14-35(41)38-25-30(27-47)21-23-43(38)50/h1-25H. The highest BCUT2D eigenvalue weighted by atomic mass is 15.0. The van der Waals surface area contributed by atoms with Crippen LogP contribution in [0.4, 0.5) is 0 Å². The van der Waals surface area contributed by atoms with Gasteiger partial charge in [0.25, 0.3) is 0 Å². The highest BCUT2D eigenvalue weighted by Crippen LogP contribution is 2.45. The number of para-hydroxylation sites is 3. The third kappa shape index (κ3) is 4.24. The molecule has 0 saturated carbocycles. The van der Waals surface area contributed by atoms with Crippen molar-refractivity contribution < 1.29 is 0 Å². The van der Waals surface area contributed by atoms with Crippen molar-refractivity contribution in [3.8, 4) is 51.8 Å². The molecule has 9 rings (SSSR count). The maximum atomic E-state index is 10.4. The number of nitrogens with zero attached hydrogens (tertiary/aromatic N) is 5. The van der Waals surface area contributed by atoms with Crippen LogP contribution in [0, 0.1) is 34.0 Å². The molecule has 0 N–H and O–H groups in total. The number of aromatic nitrogens is 2. The lowest BCUT2D eigenvalue weighted by Crippen LogP contribution is -2.02. The summed E-state index contributed by atoms with van der Waals surface area (Å²) in [4.78, 5) is 0. The van der Waals surface area contributed by atoms with Crippen LogP contribution in [0.2, 0.25) is 0 Å². The summed E-state index contributed by atoms with van der Waals surface area (Å²) in [7, 11) is 0. The van der Waals surface area contributed by atoms with E-state index in [0.717, 1.165) is 77.2 Å². The Morgan fingerprint density at radius 3 is 1.46 bits per heavy atom. The Kier molecular flexibility index (Phi) is 6.56. The first-order valence-corrected chi connectivity index (χ1v) is 16.3. The first kappa shape index (κ1) is 28.8. The summed E-state index contributed by atoms with van der Waals surface area (Å²) in [6, 6.07) is 57.8. The van der Waals surface area contributed by atoms with Gasteiger partial charge in [-0.3, -0.25) is 0 Å². The molecule has 0 radical (unpaired) electrons. The van der Waals surface area contributed by atoms with Crippen molar-refractivity contribution in [3.05, 3.63) is 168 Å². The average molecular weight is 636 g/mol. The third-order valence-electron chi connectivity index (χ3n) is 9.64. The minimum atomic E-state index is 0.576. The smallest absolute Gasteiger partial charge is 0.0998 e. The fourth-order valence-corrected chi connectivity index (χ4v) is 7.53. The maximum absolute atomic E-state index is 10.4. The van der Waals surface area contributed by atoms with Crippen LogP contribution in [-0.4, -0.2) is 9.13 Å². The Morgan fingerprint density at radius 2 is 0.840 bits per heavy atom. The summed E-state index contributed by atoms with van der Waals surface area (Å²) in [5.74, 6) is 0. The molecular weight excluding hydrogens is 611 g/mol. The van der Waals surface area contributed by atoms with Crippen LogP contribution in [0.25, 0.3) is 77.2 Å². The van der Waals surface area contributed by atoms with Gasteiger partial charge in [0.1, 0.15) is 0 Å². The Bertz CT molecular complexity index is 2970. The molecule has 0 saturated heterocycles. The first-order valence-electron chi connectivity index (χ1n) is 16.3. The fraction of sp³-hybridized carbons (Fsp3) is 0. The van der Waals surface area contributed by atoms with E-state index in [1.54, 1.807) is 0 Å². The van der Waals surface area contributed by atoms with Crippen LogP contribution >= 0.6 is 0 Å². The van der Waals surface area contributed by atoms with Gasteiger partial charge in [-0.2, -0.15) is 15.8 Å². The zero-order valence-corrected chi connectivity index (χ0v) is 26.7. The molecule has 0 spiro atoms. The van der Waals surface area contributed by atoms with E-state index in [2.05, 4.69) is 94.1 Å². The molecule has 50 heavy (non-hydrogen) atoms. The number of benzene rings is 7. The van der Waals surface area contributed by atoms with Crippen molar-refractivity contribution in [2.75, 3.05) is 0 Å². The van der Waals surface area contributed by atoms with Crippen LogP contribution in [0.1, 0.15) is 16.7 Å². The minimum Gasteiger partial charge on any atom is -0.309 e. The molecule has 5 heteroatoms. The van der Waals surface area contributed by atoms with Gasteiger partial charge in [0.15, 0.2) is 0 Å². The molecule has 230 valence electrons. The van der Waals surface area contributed by atoms with Gasteiger partial charge in [-0.15, -0.1) is 0 Å². The van der Waals surface area contributed by atoms with Crippen LogP contribution in [0.5, 0.6) is 0 Å². The number of rotatable bonds is 4. The predicted octanol–water partition coefficient (Wildman–Crippen LogP) is 10.8. The van der Waals surface area contributed by atoms with E-state index in [9.17, 15) is 15.8 Å². The van der Waals surface area contributed by atoms with E-state index < -0.39 is 0 Å². The number of hydrogen-bond donors (Lipinski definition) is 0. The second-order valence-electron chi connectivity index (χ2n) is 12.3. The van der Waals surface area contributed by atoms with Crippen molar-refractivity contribution >= 4 is 43.6 Å². The number of fused-ring (bicyclic) bond motifs is 6. The summed E-state index contributed by atoms with van der Waals surface area (Å²) in [6.07, 6.45) is 0. The molecule has 0 unspecified atom stereocenters. The average Bonchev–Trinajstić information content (AvgIpc) is 3.69. The molecule has 0 aliphatic carbocycles. The minimum absolute atomic E-state index is 0.576. The topological polar surface area (TPSA) is 81.2 Å². The molecule has 0 aliphatic rings. The van der Waals surface area contributed by atoms with Gasteiger partial charge in [0, 0.05) is 38.2 Å². The van der Waals surface area contributed by atoms with E-state index >= 15 is 0 Å². The van der Waals surface area contributed by atoms with Gasteiger partial charge in [-0.05, 0) is 72.3 Å². The molecule has 0 bridgehead atoms. The predicted molar refractivity (Wildman–Crippen MR) is 200 cm³/mol. The Hall–Kier alpha value is -7.39. The summed E-state index contributed by atoms with van der Waals surface area (Å²) in [5.41, 5.74) is 11.5. The monoisotopic (exact) mass is 635 g/mol. The van der Waals surface area contributed by atoms with Crippen LogP contribution in [-0.2, 0) is 0 Å². The Morgan fingerprint density at radius 1 is 0.360 bits per heavy atom. The van der Waals surface area contributed by atoms with E-state index in [0.29, 0.717) is 16.7 Å². The largest absolute Gasteiger partial charge is 0.309 e. The van der Waals surface area contributed by atoms with Crippen molar-refractivity contribution in [1.29, 1.82) is 15.8 Å². The molecule has 0 amide bonds. The molecule has 2 aromatic heterocycles. The summed E-state index contributed by atoms with van der Waals surface area (Å²) in [5, 5.41) is 34.1. The lowest BCUT2D eigenvalue weighted by molar-refractivity contribution is 1.17. The molecule has 9 aromatic rings. The van der Waals surface area contributed by atoms with Crippen molar-refractivity contribution in [2.45, 2.75) is 0 Å². The highest BCUT2D eigenvalue weighted by molar-refractivity contribution is 6.12. The molecule has 5 nitrogen and oxygen atoms in total. The summed E-state index contributed by atoms with van der Waals surface area (Å²) >= 11 is 0. The van der Waals surface area contributed by atoms with Gasteiger partial charge in [-0.1, -0.05) is 84.9 Å². The summed E-state index contributed by atoms with van der Waals surface area (Å²) < 4.78 is 4.53. The van der Waals surface area contributed by atoms with E-state index in [-0.39, 0.29) is 0 Å². The quantitative estimate of drug-likeness (QED) is 0.193. The van der Waals surface area contributed by atoms with Crippen LogP contribution in [0.3, 0.4) is 0 Å². The molecule has 0 fully saturated rings. The second kappa shape index (κ2) is 11.4. The molecule has 0 atom stereocenters. The molecule has 7 aromatic carbocycles. The zero-order chi connectivity index (χ0) is 33.8. The Labute approximate surface area is 287 Å². The zero-order valence-electron chi connectivity index (χ0n) is 26.7.